The van der Waals surface area contributed by atoms with E-state index in [9.17, 15) is 0 Å². The summed E-state index contributed by atoms with van der Waals surface area (Å²) in [7, 11) is 0. The third-order valence-corrected chi connectivity index (χ3v) is 3.68. The highest BCUT2D eigenvalue weighted by atomic mass is 35.5. The fourth-order valence-corrected chi connectivity index (χ4v) is 2.58. The summed E-state index contributed by atoms with van der Waals surface area (Å²) in [6.45, 7) is 5.46. The molecule has 20 heavy (non-hydrogen) atoms. The number of benzene rings is 1. The van der Waals surface area contributed by atoms with E-state index in [1.807, 2.05) is 12.1 Å². The smallest absolute Gasteiger partial charge is 0.179 e. The Labute approximate surface area is 126 Å². The molecule has 4 heteroatoms. The van der Waals surface area contributed by atoms with Crippen LogP contribution in [0, 0.1) is 0 Å². The molecular weight excluding hydrogens is 274 g/mol. The van der Waals surface area contributed by atoms with Gasteiger partial charge in [-0.15, -0.1) is 0 Å². The quantitative estimate of drug-likeness (QED) is 0.766. The predicted molar refractivity (Wildman–Crippen MR) is 82.9 cm³/mol. The van der Waals surface area contributed by atoms with Crippen LogP contribution >= 0.6 is 11.6 Å². The molecule has 0 unspecified atom stereocenters. The predicted octanol–water partition coefficient (Wildman–Crippen LogP) is 4.17. The SMILES string of the molecule is CCCCCCNCc1cc(Cl)c2c(c1)OCCCO2. The van der Waals surface area contributed by atoms with Crippen LogP contribution in [0.25, 0.3) is 0 Å². The number of ether oxygens (including phenoxy) is 2. The maximum absolute atomic E-state index is 6.27. The lowest BCUT2D eigenvalue weighted by molar-refractivity contribution is 0.297. The maximum atomic E-state index is 6.27. The third kappa shape index (κ3) is 4.57. The van der Waals surface area contributed by atoms with Gasteiger partial charge in [-0.1, -0.05) is 37.8 Å². The fourth-order valence-electron chi connectivity index (χ4n) is 2.30. The van der Waals surface area contributed by atoms with Gasteiger partial charge < -0.3 is 14.8 Å². The van der Waals surface area contributed by atoms with Crippen molar-refractivity contribution in [3.63, 3.8) is 0 Å². The second-order valence-corrected chi connectivity index (χ2v) is 5.60. The molecule has 1 aromatic rings. The van der Waals surface area contributed by atoms with Crippen molar-refractivity contribution >= 4 is 11.6 Å². The van der Waals surface area contributed by atoms with Crippen LogP contribution in [0.2, 0.25) is 5.02 Å². The van der Waals surface area contributed by atoms with Gasteiger partial charge in [-0.2, -0.15) is 0 Å². The van der Waals surface area contributed by atoms with Crippen molar-refractivity contribution in [3.05, 3.63) is 22.7 Å². The Morgan fingerprint density at radius 1 is 1.15 bits per heavy atom. The van der Waals surface area contributed by atoms with Gasteiger partial charge in [0.15, 0.2) is 11.5 Å². The summed E-state index contributed by atoms with van der Waals surface area (Å²) >= 11 is 6.27. The zero-order chi connectivity index (χ0) is 14.2. The minimum Gasteiger partial charge on any atom is -0.489 e. The largest absolute Gasteiger partial charge is 0.489 e. The van der Waals surface area contributed by atoms with Crippen LogP contribution in [0.1, 0.15) is 44.6 Å². The van der Waals surface area contributed by atoms with Crippen LogP contribution in [-0.4, -0.2) is 19.8 Å². The summed E-state index contributed by atoms with van der Waals surface area (Å²) in [6.07, 6.45) is 6.02. The van der Waals surface area contributed by atoms with Crippen molar-refractivity contribution in [2.45, 2.75) is 45.6 Å². The molecule has 0 atom stereocenters. The molecule has 1 heterocycles. The van der Waals surface area contributed by atoms with Crippen LogP contribution in [0.15, 0.2) is 12.1 Å². The van der Waals surface area contributed by atoms with Gasteiger partial charge in [-0.3, -0.25) is 0 Å². The molecule has 3 nitrogen and oxygen atoms in total. The Hall–Kier alpha value is -0.930. The molecule has 2 rings (SSSR count). The monoisotopic (exact) mass is 297 g/mol. The highest BCUT2D eigenvalue weighted by Crippen LogP contribution is 2.37. The van der Waals surface area contributed by atoms with E-state index in [1.54, 1.807) is 0 Å². The molecule has 1 N–H and O–H groups in total. The molecular formula is C16H24ClNO2. The van der Waals surface area contributed by atoms with Gasteiger partial charge >= 0.3 is 0 Å². The van der Waals surface area contributed by atoms with E-state index in [0.717, 1.165) is 30.8 Å². The van der Waals surface area contributed by atoms with Crippen molar-refractivity contribution in [1.29, 1.82) is 0 Å². The number of nitrogens with one attached hydrogen (secondary N) is 1. The van der Waals surface area contributed by atoms with Gasteiger partial charge in [0, 0.05) is 13.0 Å². The highest BCUT2D eigenvalue weighted by molar-refractivity contribution is 6.32. The number of halogens is 1. The number of fused-ring (bicyclic) bond motifs is 1. The first kappa shape index (κ1) is 15.5. The van der Waals surface area contributed by atoms with Crippen molar-refractivity contribution < 1.29 is 9.47 Å². The van der Waals surface area contributed by atoms with E-state index in [0.29, 0.717) is 24.0 Å². The average Bonchev–Trinajstić information content (AvgIpc) is 2.68. The van der Waals surface area contributed by atoms with Gasteiger partial charge in [0.2, 0.25) is 0 Å². The van der Waals surface area contributed by atoms with Crippen LogP contribution in [0.3, 0.4) is 0 Å². The molecule has 0 radical (unpaired) electrons. The molecule has 0 saturated heterocycles. The minimum absolute atomic E-state index is 0.646. The molecule has 0 bridgehead atoms. The van der Waals surface area contributed by atoms with E-state index < -0.39 is 0 Å². The number of hydrogen-bond donors (Lipinski definition) is 1. The lowest BCUT2D eigenvalue weighted by Gasteiger charge is -2.12. The number of hydrogen-bond acceptors (Lipinski definition) is 3. The van der Waals surface area contributed by atoms with Gasteiger partial charge in [0.1, 0.15) is 0 Å². The lowest BCUT2D eigenvalue weighted by atomic mass is 10.2. The van der Waals surface area contributed by atoms with Gasteiger partial charge in [-0.25, -0.2) is 0 Å². The summed E-state index contributed by atoms with van der Waals surface area (Å²) in [5.74, 6) is 1.47. The lowest BCUT2D eigenvalue weighted by Crippen LogP contribution is -2.14. The normalized spacial score (nSPS) is 14.1. The summed E-state index contributed by atoms with van der Waals surface area (Å²) < 4.78 is 11.3. The first-order valence-electron chi connectivity index (χ1n) is 7.60. The second kappa shape index (κ2) is 8.38. The molecule has 0 fully saturated rings. The molecule has 1 aliphatic rings. The zero-order valence-corrected chi connectivity index (χ0v) is 13.0. The van der Waals surface area contributed by atoms with E-state index in [-0.39, 0.29) is 0 Å². The van der Waals surface area contributed by atoms with E-state index in [1.165, 1.54) is 25.7 Å². The van der Waals surface area contributed by atoms with Crippen molar-refractivity contribution in [1.82, 2.24) is 5.32 Å². The minimum atomic E-state index is 0.646. The fraction of sp³-hybridized carbons (Fsp3) is 0.625. The standard InChI is InChI=1S/C16H24ClNO2/c1-2-3-4-5-7-18-12-13-10-14(17)16-15(11-13)19-8-6-9-20-16/h10-11,18H,2-9,12H2,1H3. The summed E-state index contributed by atoms with van der Waals surface area (Å²) in [6, 6.07) is 4.00. The molecule has 0 spiro atoms. The van der Waals surface area contributed by atoms with Crippen molar-refractivity contribution in [3.8, 4) is 11.5 Å². The Balaban J connectivity index is 1.86. The molecule has 1 aliphatic heterocycles. The molecule has 1 aromatic carbocycles. The van der Waals surface area contributed by atoms with Crippen LogP contribution in [0.4, 0.5) is 0 Å². The molecule has 0 aliphatic carbocycles. The Morgan fingerprint density at radius 2 is 2.00 bits per heavy atom. The molecule has 0 amide bonds. The topological polar surface area (TPSA) is 30.5 Å². The van der Waals surface area contributed by atoms with Gasteiger partial charge in [-0.05, 0) is 30.7 Å². The maximum Gasteiger partial charge on any atom is 0.179 e. The second-order valence-electron chi connectivity index (χ2n) is 5.19. The van der Waals surface area contributed by atoms with E-state index in [4.69, 9.17) is 21.1 Å². The highest BCUT2D eigenvalue weighted by Gasteiger charge is 2.15. The molecule has 0 aromatic heterocycles. The zero-order valence-electron chi connectivity index (χ0n) is 12.2. The van der Waals surface area contributed by atoms with E-state index >= 15 is 0 Å². The van der Waals surface area contributed by atoms with Crippen LogP contribution in [0.5, 0.6) is 11.5 Å². The first-order chi connectivity index (χ1) is 9.81. The number of unbranched alkanes of at least 4 members (excludes halogenated alkanes) is 3. The van der Waals surface area contributed by atoms with Crippen molar-refractivity contribution in [2.75, 3.05) is 19.8 Å². The summed E-state index contributed by atoms with van der Waals surface area (Å²) in [4.78, 5) is 0. The third-order valence-electron chi connectivity index (χ3n) is 3.40. The van der Waals surface area contributed by atoms with Gasteiger partial charge in [0.25, 0.3) is 0 Å². The first-order valence-corrected chi connectivity index (χ1v) is 7.98. The summed E-state index contributed by atoms with van der Waals surface area (Å²) in [5, 5.41) is 4.10. The van der Waals surface area contributed by atoms with Crippen molar-refractivity contribution in [2.24, 2.45) is 0 Å². The molecule has 112 valence electrons. The van der Waals surface area contributed by atoms with Crippen LogP contribution in [-0.2, 0) is 6.54 Å². The summed E-state index contributed by atoms with van der Waals surface area (Å²) in [5.41, 5.74) is 1.15. The number of rotatable bonds is 7. The Kier molecular flexibility index (Phi) is 6.48. The van der Waals surface area contributed by atoms with Gasteiger partial charge in [0.05, 0.1) is 18.2 Å². The molecule has 0 saturated carbocycles. The van der Waals surface area contributed by atoms with Crippen LogP contribution < -0.4 is 14.8 Å². The van der Waals surface area contributed by atoms with E-state index in [2.05, 4.69) is 12.2 Å². The Morgan fingerprint density at radius 3 is 2.85 bits per heavy atom. The Bertz CT molecular complexity index is 423. The average molecular weight is 298 g/mol.